The maximum absolute atomic E-state index is 5.75. The van der Waals surface area contributed by atoms with Crippen molar-refractivity contribution in [1.29, 1.82) is 0 Å². The number of para-hydroxylation sites is 1. The highest BCUT2D eigenvalue weighted by molar-refractivity contribution is 5.77. The molecule has 0 fully saturated rings. The first-order valence-electron chi connectivity index (χ1n) is 5.98. The minimum atomic E-state index is 0.326. The molecule has 94 valence electrons. The number of ether oxygens (including phenoxy) is 1. The van der Waals surface area contributed by atoms with E-state index in [0.29, 0.717) is 17.4 Å². The van der Waals surface area contributed by atoms with Gasteiger partial charge in [0, 0.05) is 23.3 Å². The van der Waals surface area contributed by atoms with Crippen LogP contribution in [0.3, 0.4) is 0 Å². The van der Waals surface area contributed by atoms with Gasteiger partial charge < -0.3 is 10.5 Å². The maximum atomic E-state index is 5.75. The number of hydrogen-bond acceptors (Lipinski definition) is 4. The molecule has 0 saturated carbocycles. The summed E-state index contributed by atoms with van der Waals surface area (Å²) in [6.45, 7) is 1.95. The van der Waals surface area contributed by atoms with Crippen molar-refractivity contribution in [2.24, 2.45) is 0 Å². The fourth-order valence-electron chi connectivity index (χ4n) is 1.83. The summed E-state index contributed by atoms with van der Waals surface area (Å²) in [5.74, 6) is 0.676. The second-order valence-electron chi connectivity index (χ2n) is 4.34. The van der Waals surface area contributed by atoms with Gasteiger partial charge in [-0.3, -0.25) is 0 Å². The number of rotatable bonds is 2. The first-order chi connectivity index (χ1) is 9.22. The summed E-state index contributed by atoms with van der Waals surface area (Å²) in [4.78, 5) is 8.57. The number of benzene rings is 2. The lowest BCUT2D eigenvalue weighted by Crippen LogP contribution is -1.95. The summed E-state index contributed by atoms with van der Waals surface area (Å²) in [6.07, 6.45) is 1.75. The topological polar surface area (TPSA) is 61.0 Å². The van der Waals surface area contributed by atoms with Gasteiger partial charge in [0.05, 0.1) is 5.52 Å². The van der Waals surface area contributed by atoms with Crippen LogP contribution in [0.5, 0.6) is 11.8 Å². The molecule has 0 spiro atoms. The first kappa shape index (κ1) is 11.5. The SMILES string of the molecule is Cc1ccc(N)cc1Oc1ncc2ccccc2n1. The van der Waals surface area contributed by atoms with Crippen LogP contribution in [0.15, 0.2) is 48.7 Å². The number of aryl methyl sites for hydroxylation is 1. The van der Waals surface area contributed by atoms with Gasteiger partial charge in [0.1, 0.15) is 5.75 Å². The number of nitrogen functional groups attached to an aromatic ring is 1. The zero-order chi connectivity index (χ0) is 13.2. The van der Waals surface area contributed by atoms with Crippen LogP contribution in [0.2, 0.25) is 0 Å². The minimum Gasteiger partial charge on any atom is -0.424 e. The van der Waals surface area contributed by atoms with Crippen LogP contribution in [0.1, 0.15) is 5.56 Å². The van der Waals surface area contributed by atoms with Gasteiger partial charge in [-0.15, -0.1) is 0 Å². The van der Waals surface area contributed by atoms with E-state index < -0.39 is 0 Å². The maximum Gasteiger partial charge on any atom is 0.322 e. The van der Waals surface area contributed by atoms with E-state index in [4.69, 9.17) is 10.5 Å². The average molecular weight is 251 g/mol. The van der Waals surface area contributed by atoms with Crippen molar-refractivity contribution in [2.45, 2.75) is 6.92 Å². The van der Waals surface area contributed by atoms with E-state index in [-0.39, 0.29) is 0 Å². The molecule has 3 rings (SSSR count). The van der Waals surface area contributed by atoms with Crippen molar-refractivity contribution in [2.75, 3.05) is 5.73 Å². The number of nitrogens with two attached hydrogens (primary N) is 1. The molecule has 4 nitrogen and oxygen atoms in total. The Balaban J connectivity index is 1.98. The van der Waals surface area contributed by atoms with Crippen LogP contribution >= 0.6 is 0 Å². The Kier molecular flexibility index (Phi) is 2.76. The van der Waals surface area contributed by atoms with Gasteiger partial charge in [-0.1, -0.05) is 24.3 Å². The second kappa shape index (κ2) is 4.57. The molecule has 1 aromatic heterocycles. The zero-order valence-corrected chi connectivity index (χ0v) is 10.5. The Bertz CT molecular complexity index is 740. The second-order valence-corrected chi connectivity index (χ2v) is 4.34. The van der Waals surface area contributed by atoms with Gasteiger partial charge in [0.2, 0.25) is 0 Å². The molecule has 0 radical (unpaired) electrons. The van der Waals surface area contributed by atoms with E-state index in [9.17, 15) is 0 Å². The molecule has 0 atom stereocenters. The molecular formula is C15H13N3O. The quantitative estimate of drug-likeness (QED) is 0.710. The summed E-state index contributed by atoms with van der Waals surface area (Å²) < 4.78 is 5.70. The van der Waals surface area contributed by atoms with E-state index >= 15 is 0 Å². The molecule has 2 aromatic carbocycles. The zero-order valence-electron chi connectivity index (χ0n) is 10.5. The fraction of sp³-hybridized carbons (Fsp3) is 0.0667. The molecule has 0 amide bonds. The molecular weight excluding hydrogens is 238 g/mol. The van der Waals surface area contributed by atoms with Crippen LogP contribution < -0.4 is 10.5 Å². The molecule has 2 N–H and O–H groups in total. The van der Waals surface area contributed by atoms with Crippen LogP contribution in [0, 0.1) is 6.92 Å². The Morgan fingerprint density at radius 1 is 1.11 bits per heavy atom. The van der Waals surface area contributed by atoms with Gasteiger partial charge in [-0.05, 0) is 24.6 Å². The van der Waals surface area contributed by atoms with Gasteiger partial charge in [-0.2, -0.15) is 4.98 Å². The third-order valence-electron chi connectivity index (χ3n) is 2.88. The smallest absolute Gasteiger partial charge is 0.322 e. The van der Waals surface area contributed by atoms with E-state index in [0.717, 1.165) is 16.5 Å². The highest BCUT2D eigenvalue weighted by atomic mass is 16.5. The van der Waals surface area contributed by atoms with E-state index in [1.165, 1.54) is 0 Å². The van der Waals surface area contributed by atoms with Crippen molar-refractivity contribution in [3.05, 3.63) is 54.2 Å². The highest BCUT2D eigenvalue weighted by Crippen LogP contribution is 2.25. The third-order valence-corrected chi connectivity index (χ3v) is 2.88. The van der Waals surface area contributed by atoms with Crippen LogP contribution in [-0.4, -0.2) is 9.97 Å². The Labute approximate surface area is 110 Å². The molecule has 0 aliphatic carbocycles. The lowest BCUT2D eigenvalue weighted by molar-refractivity contribution is 0.441. The molecule has 0 bridgehead atoms. The van der Waals surface area contributed by atoms with Crippen molar-refractivity contribution < 1.29 is 4.74 Å². The molecule has 3 aromatic rings. The lowest BCUT2D eigenvalue weighted by atomic mass is 10.2. The van der Waals surface area contributed by atoms with Gasteiger partial charge >= 0.3 is 6.01 Å². The average Bonchev–Trinajstić information content (AvgIpc) is 2.43. The minimum absolute atomic E-state index is 0.326. The van der Waals surface area contributed by atoms with Crippen LogP contribution in [0.25, 0.3) is 10.9 Å². The molecule has 4 heteroatoms. The Morgan fingerprint density at radius 2 is 1.95 bits per heavy atom. The molecule has 0 saturated heterocycles. The Morgan fingerprint density at radius 3 is 2.84 bits per heavy atom. The normalized spacial score (nSPS) is 10.6. The van der Waals surface area contributed by atoms with Gasteiger partial charge in [0.15, 0.2) is 0 Å². The third kappa shape index (κ3) is 2.33. The first-order valence-corrected chi connectivity index (χ1v) is 5.98. The molecule has 19 heavy (non-hydrogen) atoms. The molecule has 0 aliphatic heterocycles. The summed E-state index contributed by atoms with van der Waals surface area (Å²) in [7, 11) is 0. The van der Waals surface area contributed by atoms with E-state index in [2.05, 4.69) is 9.97 Å². The molecule has 0 aliphatic rings. The van der Waals surface area contributed by atoms with Crippen molar-refractivity contribution in [3.63, 3.8) is 0 Å². The molecule has 1 heterocycles. The van der Waals surface area contributed by atoms with Crippen molar-refractivity contribution in [1.82, 2.24) is 9.97 Å². The van der Waals surface area contributed by atoms with Gasteiger partial charge in [0.25, 0.3) is 0 Å². The Hall–Kier alpha value is -2.62. The number of nitrogens with zero attached hydrogens (tertiary/aromatic N) is 2. The number of aromatic nitrogens is 2. The summed E-state index contributed by atoms with van der Waals surface area (Å²) >= 11 is 0. The largest absolute Gasteiger partial charge is 0.424 e. The van der Waals surface area contributed by atoms with Crippen LogP contribution in [-0.2, 0) is 0 Å². The molecule has 0 unspecified atom stereocenters. The van der Waals surface area contributed by atoms with Crippen molar-refractivity contribution >= 4 is 16.6 Å². The monoisotopic (exact) mass is 251 g/mol. The lowest BCUT2D eigenvalue weighted by Gasteiger charge is -2.08. The fourth-order valence-corrected chi connectivity index (χ4v) is 1.83. The summed E-state index contributed by atoms with van der Waals surface area (Å²) in [5, 5.41) is 0.985. The van der Waals surface area contributed by atoms with Crippen molar-refractivity contribution in [3.8, 4) is 11.8 Å². The summed E-state index contributed by atoms with van der Waals surface area (Å²) in [5.41, 5.74) is 8.25. The number of hydrogen-bond donors (Lipinski definition) is 1. The van der Waals surface area contributed by atoms with Gasteiger partial charge in [-0.25, -0.2) is 4.98 Å². The number of anilines is 1. The van der Waals surface area contributed by atoms with E-state index in [1.54, 1.807) is 12.3 Å². The standard InChI is InChI=1S/C15H13N3O/c1-10-6-7-12(16)8-14(10)19-15-17-9-11-4-2-3-5-13(11)18-15/h2-9H,16H2,1H3. The highest BCUT2D eigenvalue weighted by Gasteiger charge is 2.05. The van der Waals surface area contributed by atoms with E-state index in [1.807, 2.05) is 43.3 Å². The summed E-state index contributed by atoms with van der Waals surface area (Å²) in [6, 6.07) is 13.6. The number of fused-ring (bicyclic) bond motifs is 1. The van der Waals surface area contributed by atoms with Crippen LogP contribution in [0.4, 0.5) is 5.69 Å². The predicted octanol–water partition coefficient (Wildman–Crippen LogP) is 3.31. The predicted molar refractivity (Wildman–Crippen MR) is 75.2 cm³/mol.